The van der Waals surface area contributed by atoms with Crippen molar-refractivity contribution >= 4 is 16.0 Å². The third-order valence-electron chi connectivity index (χ3n) is 3.19. The minimum Gasteiger partial charge on any atom is -0.481 e. The molecule has 0 bridgehead atoms. The smallest absolute Gasteiger partial charge is 0.303 e. The van der Waals surface area contributed by atoms with Crippen LogP contribution in [0.3, 0.4) is 0 Å². The molecule has 110 valence electrons. The molecule has 1 aromatic rings. The van der Waals surface area contributed by atoms with E-state index in [1.807, 2.05) is 0 Å². The molecular weight excluding hydrogens is 280 g/mol. The van der Waals surface area contributed by atoms with Gasteiger partial charge < -0.3 is 5.11 Å². The van der Waals surface area contributed by atoms with Crippen molar-refractivity contribution in [1.29, 1.82) is 0 Å². The summed E-state index contributed by atoms with van der Waals surface area (Å²) in [6.45, 7) is 0.336. The van der Waals surface area contributed by atoms with E-state index in [1.165, 1.54) is 4.31 Å². The van der Waals surface area contributed by atoms with Crippen LogP contribution in [-0.2, 0) is 21.4 Å². The summed E-state index contributed by atoms with van der Waals surface area (Å²) in [5.74, 6) is -1.08. The Morgan fingerprint density at radius 2 is 2.00 bits per heavy atom. The molecule has 0 aromatic carbocycles. The first-order valence-electron chi connectivity index (χ1n) is 6.59. The molecule has 0 unspecified atom stereocenters. The summed E-state index contributed by atoms with van der Waals surface area (Å²) in [6.07, 6.45) is 5.06. The number of aromatic nitrogens is 1. The lowest BCUT2D eigenvalue weighted by molar-refractivity contribution is -0.137. The Hall–Kier alpha value is -1.47. The van der Waals surface area contributed by atoms with Crippen LogP contribution in [0.2, 0.25) is 0 Å². The first-order chi connectivity index (χ1) is 9.49. The molecule has 2 rings (SSSR count). The lowest BCUT2D eigenvalue weighted by atomic mass is 10.3. The van der Waals surface area contributed by atoms with Gasteiger partial charge in [-0.3, -0.25) is 9.78 Å². The maximum Gasteiger partial charge on any atom is 0.303 e. The molecule has 7 heteroatoms. The Balaban J connectivity index is 2.02. The van der Waals surface area contributed by atoms with Gasteiger partial charge in [-0.25, -0.2) is 8.42 Å². The maximum absolute atomic E-state index is 12.3. The van der Waals surface area contributed by atoms with E-state index in [2.05, 4.69) is 4.98 Å². The summed E-state index contributed by atoms with van der Waals surface area (Å²) in [6, 6.07) is 3.66. The van der Waals surface area contributed by atoms with Crippen LogP contribution in [0.4, 0.5) is 0 Å². The normalized spacial score (nSPS) is 15.4. The van der Waals surface area contributed by atoms with E-state index < -0.39 is 16.0 Å². The fourth-order valence-electron chi connectivity index (χ4n) is 2.01. The second kappa shape index (κ2) is 6.32. The van der Waals surface area contributed by atoms with Gasteiger partial charge in [0.05, 0.1) is 5.75 Å². The number of rotatable bonds is 8. The first-order valence-corrected chi connectivity index (χ1v) is 8.20. The lowest BCUT2D eigenvalue weighted by Gasteiger charge is -2.21. The monoisotopic (exact) mass is 298 g/mol. The molecule has 0 radical (unpaired) electrons. The maximum atomic E-state index is 12.3. The van der Waals surface area contributed by atoms with Gasteiger partial charge >= 0.3 is 5.97 Å². The SMILES string of the molecule is O=C(O)CCCS(=O)(=O)N(Cc1ccncc1)C1CC1. The summed E-state index contributed by atoms with van der Waals surface area (Å²) < 4.78 is 26.1. The number of carboxylic acids is 1. The fraction of sp³-hybridized carbons (Fsp3) is 0.538. The van der Waals surface area contributed by atoms with Gasteiger partial charge in [0.15, 0.2) is 0 Å². The van der Waals surface area contributed by atoms with Crippen LogP contribution in [-0.4, -0.2) is 40.6 Å². The molecule has 0 spiro atoms. The topological polar surface area (TPSA) is 87.6 Å². The van der Waals surface area contributed by atoms with Crippen molar-refractivity contribution in [2.75, 3.05) is 5.75 Å². The summed E-state index contributed by atoms with van der Waals surface area (Å²) in [7, 11) is -3.40. The highest BCUT2D eigenvalue weighted by Gasteiger charge is 2.36. The third-order valence-corrected chi connectivity index (χ3v) is 5.14. The molecule has 1 fully saturated rings. The summed E-state index contributed by atoms with van der Waals surface area (Å²) in [5, 5.41) is 8.59. The summed E-state index contributed by atoms with van der Waals surface area (Å²) in [5.41, 5.74) is 0.897. The first kappa shape index (κ1) is 14.9. The molecule has 0 aliphatic heterocycles. The van der Waals surface area contributed by atoms with Gasteiger partial charge in [-0.1, -0.05) is 0 Å². The zero-order valence-electron chi connectivity index (χ0n) is 11.1. The molecular formula is C13H18N2O4S. The van der Waals surface area contributed by atoms with Crippen molar-refractivity contribution in [3.63, 3.8) is 0 Å². The predicted molar refractivity (Wildman–Crippen MR) is 73.5 cm³/mol. The Kier molecular flexibility index (Phi) is 4.72. The van der Waals surface area contributed by atoms with Gasteiger partial charge in [0.25, 0.3) is 0 Å². The number of aliphatic carboxylic acids is 1. The van der Waals surface area contributed by atoms with Gasteiger partial charge in [-0.15, -0.1) is 0 Å². The highest BCUT2D eigenvalue weighted by atomic mass is 32.2. The van der Waals surface area contributed by atoms with Crippen LogP contribution in [0.25, 0.3) is 0 Å². The number of pyridine rings is 1. The van der Waals surface area contributed by atoms with E-state index >= 15 is 0 Å². The van der Waals surface area contributed by atoms with Crippen molar-refractivity contribution in [3.05, 3.63) is 30.1 Å². The Morgan fingerprint density at radius 1 is 1.35 bits per heavy atom. The predicted octanol–water partition coefficient (Wildman–Crippen LogP) is 1.24. The van der Waals surface area contributed by atoms with Crippen molar-refractivity contribution in [2.45, 2.75) is 38.3 Å². The van der Waals surface area contributed by atoms with Crippen LogP contribution in [0, 0.1) is 0 Å². The number of hydrogen-bond donors (Lipinski definition) is 1. The molecule has 1 saturated carbocycles. The van der Waals surface area contributed by atoms with Crippen LogP contribution >= 0.6 is 0 Å². The third kappa shape index (κ3) is 4.28. The van der Waals surface area contributed by atoms with Crippen LogP contribution < -0.4 is 0 Å². The van der Waals surface area contributed by atoms with Crippen LogP contribution in [0.1, 0.15) is 31.2 Å². The van der Waals surface area contributed by atoms with Crippen LogP contribution in [0.15, 0.2) is 24.5 Å². The van der Waals surface area contributed by atoms with Gasteiger partial charge in [-0.2, -0.15) is 4.31 Å². The van der Waals surface area contributed by atoms with Crippen molar-refractivity contribution in [3.8, 4) is 0 Å². The standard InChI is InChI=1S/C13H18N2O4S/c16-13(17)2-1-9-20(18,19)15(12-3-4-12)10-11-5-7-14-8-6-11/h5-8,12H,1-4,9-10H2,(H,16,17). The highest BCUT2D eigenvalue weighted by Crippen LogP contribution is 2.31. The van der Waals surface area contributed by atoms with E-state index in [0.717, 1.165) is 18.4 Å². The molecule has 1 aromatic heterocycles. The minimum absolute atomic E-state index is 0.0676. The van der Waals surface area contributed by atoms with Gasteiger partial charge in [-0.05, 0) is 37.0 Å². The molecule has 1 aliphatic rings. The van der Waals surface area contributed by atoms with Crippen molar-refractivity contribution in [1.82, 2.24) is 9.29 Å². The van der Waals surface area contributed by atoms with E-state index in [4.69, 9.17) is 5.11 Å². The van der Waals surface area contributed by atoms with Gasteiger partial charge in [0.1, 0.15) is 0 Å². The molecule has 0 amide bonds. The zero-order valence-corrected chi connectivity index (χ0v) is 11.9. The minimum atomic E-state index is -3.40. The second-order valence-electron chi connectivity index (χ2n) is 4.95. The molecule has 20 heavy (non-hydrogen) atoms. The lowest BCUT2D eigenvalue weighted by Crippen LogP contribution is -2.34. The Labute approximate surface area is 118 Å². The second-order valence-corrected chi connectivity index (χ2v) is 6.99. The number of sulfonamides is 1. The molecule has 1 N–H and O–H groups in total. The molecule has 1 aliphatic carbocycles. The highest BCUT2D eigenvalue weighted by molar-refractivity contribution is 7.89. The number of carboxylic acid groups (broad SMARTS) is 1. The largest absolute Gasteiger partial charge is 0.481 e. The molecule has 0 saturated heterocycles. The number of hydrogen-bond acceptors (Lipinski definition) is 4. The number of nitrogens with zero attached hydrogens (tertiary/aromatic N) is 2. The van der Waals surface area contributed by atoms with E-state index in [9.17, 15) is 13.2 Å². The Bertz CT molecular complexity index is 555. The Morgan fingerprint density at radius 3 is 2.55 bits per heavy atom. The van der Waals surface area contributed by atoms with Crippen molar-refractivity contribution < 1.29 is 18.3 Å². The summed E-state index contributed by atoms with van der Waals surface area (Å²) >= 11 is 0. The average Bonchev–Trinajstić information content (AvgIpc) is 3.20. The van der Waals surface area contributed by atoms with Crippen molar-refractivity contribution in [2.24, 2.45) is 0 Å². The van der Waals surface area contributed by atoms with Gasteiger partial charge in [0.2, 0.25) is 10.0 Å². The van der Waals surface area contributed by atoms with Crippen LogP contribution in [0.5, 0.6) is 0 Å². The van der Waals surface area contributed by atoms with E-state index in [1.54, 1.807) is 24.5 Å². The van der Waals surface area contributed by atoms with E-state index in [-0.39, 0.29) is 24.6 Å². The summed E-state index contributed by atoms with van der Waals surface area (Å²) in [4.78, 5) is 14.4. The molecule has 6 nitrogen and oxygen atoms in total. The zero-order chi connectivity index (χ0) is 14.6. The molecule has 0 atom stereocenters. The quantitative estimate of drug-likeness (QED) is 0.780. The average molecular weight is 298 g/mol. The fourth-order valence-corrected chi connectivity index (χ4v) is 3.76. The molecule has 1 heterocycles. The van der Waals surface area contributed by atoms with Gasteiger partial charge in [0, 0.05) is 31.4 Å². The van der Waals surface area contributed by atoms with E-state index in [0.29, 0.717) is 6.54 Å². The number of carbonyl (C=O) groups is 1.